The first kappa shape index (κ1) is 17.7. The number of amides is 2. The summed E-state index contributed by atoms with van der Waals surface area (Å²) >= 11 is 0. The van der Waals surface area contributed by atoms with Crippen molar-refractivity contribution in [3.63, 3.8) is 0 Å². The number of nitrogens with one attached hydrogen (secondary N) is 2. The van der Waals surface area contributed by atoms with Gasteiger partial charge in [-0.15, -0.1) is 0 Å². The molecule has 0 aliphatic carbocycles. The number of carbonyl (C=O) groups is 3. The van der Waals surface area contributed by atoms with Crippen LogP contribution in [0.2, 0.25) is 0 Å². The number of aliphatic carboxylic acids is 1. The van der Waals surface area contributed by atoms with E-state index < -0.39 is 17.8 Å². The summed E-state index contributed by atoms with van der Waals surface area (Å²) in [6.45, 7) is 0.291. The number of hydrogen-bond donors (Lipinski definition) is 3. The molecule has 0 unspecified atom stereocenters. The molecule has 128 valence electrons. The summed E-state index contributed by atoms with van der Waals surface area (Å²) in [7, 11) is 0. The van der Waals surface area contributed by atoms with Crippen molar-refractivity contribution in [2.75, 3.05) is 0 Å². The Hall–Kier alpha value is -3.61. The molecule has 3 N–H and O–H groups in total. The Labute approximate surface area is 143 Å². The lowest BCUT2D eigenvalue weighted by Crippen LogP contribution is -2.41. The molecule has 0 aliphatic heterocycles. The molecule has 25 heavy (non-hydrogen) atoms. The zero-order chi connectivity index (χ0) is 18.1. The molecule has 0 atom stereocenters. The molecule has 0 heterocycles. The summed E-state index contributed by atoms with van der Waals surface area (Å²) in [4.78, 5) is 33.9. The molecule has 0 radical (unpaired) electrons. The van der Waals surface area contributed by atoms with Gasteiger partial charge in [-0.25, -0.2) is 4.79 Å². The van der Waals surface area contributed by atoms with Crippen molar-refractivity contribution >= 4 is 17.8 Å². The van der Waals surface area contributed by atoms with Crippen molar-refractivity contribution < 1.29 is 24.2 Å². The van der Waals surface area contributed by atoms with Crippen molar-refractivity contribution in [3.8, 4) is 5.75 Å². The van der Waals surface area contributed by atoms with Crippen LogP contribution in [-0.4, -0.2) is 22.9 Å². The first-order valence-electron chi connectivity index (χ1n) is 7.33. The number of benzene rings is 2. The molecule has 0 fully saturated rings. The van der Waals surface area contributed by atoms with Crippen molar-refractivity contribution in [2.24, 2.45) is 0 Å². The minimum Gasteiger partial charge on any atom is -0.488 e. The summed E-state index contributed by atoms with van der Waals surface area (Å²) in [5, 5.41) is 8.44. The molecule has 0 bridgehead atoms. The van der Waals surface area contributed by atoms with Gasteiger partial charge in [0, 0.05) is 12.2 Å². The standard InChI is InChI=1S/C18H16N2O5/c21-16(10-11-17(22)23)19-20-18(24)14-8-4-5-9-15(14)25-12-13-6-2-1-3-7-13/h1-11H,12H2,(H,19,21)(H,20,24)(H,22,23). The molecule has 0 saturated heterocycles. The summed E-state index contributed by atoms with van der Waals surface area (Å²) in [6.07, 6.45) is 1.46. The monoisotopic (exact) mass is 340 g/mol. The van der Waals surface area contributed by atoms with Gasteiger partial charge in [-0.2, -0.15) is 0 Å². The lowest BCUT2D eigenvalue weighted by Gasteiger charge is -2.11. The fraction of sp³-hybridized carbons (Fsp3) is 0.0556. The second kappa shape index (κ2) is 8.88. The van der Waals surface area contributed by atoms with Crippen LogP contribution in [0.3, 0.4) is 0 Å². The second-order valence-corrected chi connectivity index (χ2v) is 4.89. The predicted molar refractivity (Wildman–Crippen MR) is 89.6 cm³/mol. The third-order valence-electron chi connectivity index (χ3n) is 3.05. The average molecular weight is 340 g/mol. The summed E-state index contributed by atoms with van der Waals surface area (Å²) in [6, 6.07) is 16.1. The zero-order valence-electron chi connectivity index (χ0n) is 13.1. The molecule has 2 aromatic carbocycles. The molecular formula is C18H16N2O5. The van der Waals surface area contributed by atoms with Crippen molar-refractivity contribution in [2.45, 2.75) is 6.61 Å². The number of para-hydroxylation sites is 1. The van der Waals surface area contributed by atoms with E-state index in [4.69, 9.17) is 9.84 Å². The highest BCUT2D eigenvalue weighted by molar-refractivity contribution is 5.99. The van der Waals surface area contributed by atoms with Gasteiger partial charge in [-0.1, -0.05) is 42.5 Å². The normalized spacial score (nSPS) is 10.2. The summed E-state index contributed by atoms with van der Waals surface area (Å²) < 4.78 is 5.66. The minimum atomic E-state index is -1.26. The van der Waals surface area contributed by atoms with Gasteiger partial charge >= 0.3 is 5.97 Å². The highest BCUT2D eigenvalue weighted by Gasteiger charge is 2.12. The highest BCUT2D eigenvalue weighted by atomic mass is 16.5. The molecule has 0 aliphatic rings. The van der Waals surface area contributed by atoms with Crippen LogP contribution in [0.25, 0.3) is 0 Å². The van der Waals surface area contributed by atoms with E-state index in [0.717, 1.165) is 11.6 Å². The van der Waals surface area contributed by atoms with Crippen LogP contribution in [0.15, 0.2) is 66.7 Å². The largest absolute Gasteiger partial charge is 0.488 e. The van der Waals surface area contributed by atoms with E-state index in [0.29, 0.717) is 18.4 Å². The topological polar surface area (TPSA) is 105 Å². The maximum atomic E-state index is 12.2. The van der Waals surface area contributed by atoms with Crippen LogP contribution < -0.4 is 15.6 Å². The van der Waals surface area contributed by atoms with E-state index in [1.54, 1.807) is 24.3 Å². The molecule has 2 rings (SSSR count). The molecule has 2 amide bonds. The Morgan fingerprint density at radius 3 is 2.32 bits per heavy atom. The number of carbonyl (C=O) groups excluding carboxylic acids is 2. The Bertz CT molecular complexity index is 787. The number of hydrogen-bond acceptors (Lipinski definition) is 4. The third-order valence-corrected chi connectivity index (χ3v) is 3.05. The van der Waals surface area contributed by atoms with E-state index in [1.165, 1.54) is 0 Å². The van der Waals surface area contributed by atoms with Crippen LogP contribution in [0.1, 0.15) is 15.9 Å². The number of ether oxygens (including phenoxy) is 1. The lowest BCUT2D eigenvalue weighted by molar-refractivity contribution is -0.131. The van der Waals surface area contributed by atoms with Gasteiger partial charge in [0.2, 0.25) is 0 Å². The van der Waals surface area contributed by atoms with E-state index in [1.807, 2.05) is 30.3 Å². The second-order valence-electron chi connectivity index (χ2n) is 4.89. The first-order valence-corrected chi connectivity index (χ1v) is 7.33. The number of hydrazine groups is 1. The average Bonchev–Trinajstić information content (AvgIpc) is 2.63. The number of rotatable bonds is 6. The maximum Gasteiger partial charge on any atom is 0.328 e. The van der Waals surface area contributed by atoms with E-state index >= 15 is 0 Å². The van der Waals surface area contributed by atoms with E-state index in [9.17, 15) is 14.4 Å². The van der Waals surface area contributed by atoms with Gasteiger partial charge in [-0.05, 0) is 17.7 Å². The summed E-state index contributed by atoms with van der Waals surface area (Å²) in [5.41, 5.74) is 5.48. The van der Waals surface area contributed by atoms with Crippen molar-refractivity contribution in [3.05, 3.63) is 77.9 Å². The molecule has 7 heteroatoms. The SMILES string of the molecule is O=C(O)C=CC(=O)NNC(=O)c1ccccc1OCc1ccccc1. The Kier molecular flexibility index (Phi) is 6.30. The van der Waals surface area contributed by atoms with Gasteiger partial charge < -0.3 is 9.84 Å². The molecule has 7 nitrogen and oxygen atoms in total. The van der Waals surface area contributed by atoms with Gasteiger partial charge in [0.1, 0.15) is 12.4 Å². The molecular weight excluding hydrogens is 324 g/mol. The maximum absolute atomic E-state index is 12.2. The van der Waals surface area contributed by atoms with Gasteiger partial charge in [0.15, 0.2) is 0 Å². The van der Waals surface area contributed by atoms with Crippen LogP contribution in [-0.2, 0) is 16.2 Å². The predicted octanol–water partition coefficient (Wildman–Crippen LogP) is 1.67. The third kappa shape index (κ3) is 5.83. The van der Waals surface area contributed by atoms with Gasteiger partial charge in [0.05, 0.1) is 5.56 Å². The molecule has 0 spiro atoms. The number of carboxylic acid groups (broad SMARTS) is 1. The van der Waals surface area contributed by atoms with Crippen molar-refractivity contribution in [1.82, 2.24) is 10.9 Å². The zero-order valence-corrected chi connectivity index (χ0v) is 13.1. The van der Waals surface area contributed by atoms with Gasteiger partial charge in [-0.3, -0.25) is 20.4 Å². The van der Waals surface area contributed by atoms with E-state index in [-0.39, 0.29) is 5.56 Å². The highest BCUT2D eigenvalue weighted by Crippen LogP contribution is 2.19. The lowest BCUT2D eigenvalue weighted by atomic mass is 10.2. The molecule has 0 aromatic heterocycles. The van der Waals surface area contributed by atoms with Crippen LogP contribution >= 0.6 is 0 Å². The Morgan fingerprint density at radius 2 is 1.60 bits per heavy atom. The smallest absolute Gasteiger partial charge is 0.328 e. The Morgan fingerprint density at radius 1 is 0.920 bits per heavy atom. The van der Waals surface area contributed by atoms with Crippen LogP contribution in [0.4, 0.5) is 0 Å². The molecule has 2 aromatic rings. The fourth-order valence-corrected chi connectivity index (χ4v) is 1.89. The number of carboxylic acids is 1. The van der Waals surface area contributed by atoms with E-state index in [2.05, 4.69) is 10.9 Å². The quantitative estimate of drug-likeness (QED) is 0.548. The molecule has 0 saturated carbocycles. The summed E-state index contributed by atoms with van der Waals surface area (Å²) in [5.74, 6) is -2.25. The fourth-order valence-electron chi connectivity index (χ4n) is 1.89. The van der Waals surface area contributed by atoms with Gasteiger partial charge in [0.25, 0.3) is 11.8 Å². The van der Waals surface area contributed by atoms with Crippen molar-refractivity contribution in [1.29, 1.82) is 0 Å². The Balaban J connectivity index is 1.98. The van der Waals surface area contributed by atoms with Crippen LogP contribution in [0.5, 0.6) is 5.75 Å². The first-order chi connectivity index (χ1) is 12.1. The van der Waals surface area contributed by atoms with Crippen LogP contribution in [0, 0.1) is 0 Å². The minimum absolute atomic E-state index is 0.237.